The summed E-state index contributed by atoms with van der Waals surface area (Å²) in [6.45, 7) is 3.04. The number of primary amides is 1. The molecule has 0 fully saturated rings. The molecule has 0 saturated carbocycles. The molecule has 0 radical (unpaired) electrons. The lowest BCUT2D eigenvalue weighted by atomic mass is 10.1. The van der Waals surface area contributed by atoms with Gasteiger partial charge in [-0.15, -0.1) is 11.3 Å². The Morgan fingerprint density at radius 2 is 1.96 bits per heavy atom. The molecule has 2 rings (SSSR count). The summed E-state index contributed by atoms with van der Waals surface area (Å²) < 4.78 is 0. The zero-order valence-electron chi connectivity index (χ0n) is 15.7. The topological polar surface area (TPSA) is 113 Å². The van der Waals surface area contributed by atoms with Crippen molar-refractivity contribution in [2.45, 2.75) is 20.0 Å². The molecule has 0 aliphatic rings. The molecule has 0 aliphatic heterocycles. The van der Waals surface area contributed by atoms with E-state index in [0.29, 0.717) is 18.7 Å². The number of carbonyl (C=O) groups excluding carboxylic acids is 2. The van der Waals surface area contributed by atoms with Crippen LogP contribution >= 0.6 is 11.3 Å². The Hall–Kier alpha value is -2.94. The van der Waals surface area contributed by atoms with Gasteiger partial charge in [-0.25, -0.2) is 4.98 Å². The van der Waals surface area contributed by atoms with Gasteiger partial charge in [-0.05, 0) is 24.6 Å². The van der Waals surface area contributed by atoms with Crippen molar-refractivity contribution in [3.05, 3.63) is 51.5 Å². The Balaban J connectivity index is 1.88. The van der Waals surface area contributed by atoms with Crippen LogP contribution in [0, 0.1) is 6.92 Å². The zero-order chi connectivity index (χ0) is 19.8. The predicted octanol–water partition coefficient (Wildman–Crippen LogP) is 0.874. The van der Waals surface area contributed by atoms with Gasteiger partial charge in [0.15, 0.2) is 5.96 Å². The maximum absolute atomic E-state index is 11.9. The minimum absolute atomic E-state index is 0.177. The second-order valence-corrected chi connectivity index (χ2v) is 7.02. The van der Waals surface area contributed by atoms with E-state index in [-0.39, 0.29) is 12.5 Å². The molecule has 1 aromatic heterocycles. The van der Waals surface area contributed by atoms with E-state index in [1.807, 2.05) is 36.4 Å². The average Bonchev–Trinajstić information content (AvgIpc) is 3.05. The Morgan fingerprint density at radius 3 is 2.52 bits per heavy atom. The highest BCUT2D eigenvalue weighted by atomic mass is 32.1. The number of guanidine groups is 1. The summed E-state index contributed by atoms with van der Waals surface area (Å²) in [5.74, 6) is -0.154. The molecule has 1 heterocycles. The molecule has 2 amide bonds. The summed E-state index contributed by atoms with van der Waals surface area (Å²) in [5, 5.41) is 8.83. The molecule has 4 N–H and O–H groups in total. The van der Waals surface area contributed by atoms with Gasteiger partial charge in [0.1, 0.15) is 0 Å². The summed E-state index contributed by atoms with van der Waals surface area (Å²) in [7, 11) is 3.69. The molecular weight excluding hydrogens is 364 g/mol. The molecule has 8 nitrogen and oxygen atoms in total. The second kappa shape index (κ2) is 9.67. The van der Waals surface area contributed by atoms with Gasteiger partial charge in [0, 0.05) is 31.6 Å². The van der Waals surface area contributed by atoms with E-state index in [2.05, 4.69) is 20.6 Å². The third kappa shape index (κ3) is 6.37. The van der Waals surface area contributed by atoms with Gasteiger partial charge in [0.25, 0.3) is 5.91 Å². The molecule has 0 saturated heterocycles. The van der Waals surface area contributed by atoms with Gasteiger partial charge in [-0.1, -0.05) is 12.1 Å². The molecule has 0 atom stereocenters. The number of carbonyl (C=O) groups is 2. The van der Waals surface area contributed by atoms with Crippen molar-refractivity contribution in [3.8, 4) is 0 Å². The predicted molar refractivity (Wildman–Crippen MR) is 106 cm³/mol. The summed E-state index contributed by atoms with van der Waals surface area (Å²) in [6, 6.07) is 7.11. The molecule has 27 heavy (non-hydrogen) atoms. The number of aryl methyl sites for hydroxylation is 1. The van der Waals surface area contributed by atoms with E-state index in [4.69, 9.17) is 5.73 Å². The lowest BCUT2D eigenvalue weighted by molar-refractivity contribution is -0.117. The lowest BCUT2D eigenvalue weighted by Gasteiger charge is -2.21. The number of thiazole rings is 1. The van der Waals surface area contributed by atoms with E-state index in [1.165, 1.54) is 0 Å². The summed E-state index contributed by atoms with van der Waals surface area (Å²) in [5.41, 5.74) is 7.50. The highest BCUT2D eigenvalue weighted by molar-refractivity contribution is 7.09. The average molecular weight is 388 g/mol. The molecule has 0 aliphatic carbocycles. The highest BCUT2D eigenvalue weighted by Crippen LogP contribution is 2.10. The van der Waals surface area contributed by atoms with Crippen LogP contribution < -0.4 is 16.4 Å². The van der Waals surface area contributed by atoms with Gasteiger partial charge in [-0.3, -0.25) is 14.6 Å². The summed E-state index contributed by atoms with van der Waals surface area (Å²) in [6.07, 6.45) is 0. The quantitative estimate of drug-likeness (QED) is 0.481. The van der Waals surface area contributed by atoms with Crippen LogP contribution in [0.4, 0.5) is 0 Å². The summed E-state index contributed by atoms with van der Waals surface area (Å²) >= 11 is 1.63. The van der Waals surface area contributed by atoms with E-state index in [9.17, 15) is 9.59 Å². The van der Waals surface area contributed by atoms with Crippen molar-refractivity contribution < 1.29 is 9.59 Å². The maximum Gasteiger partial charge on any atom is 0.251 e. The first-order valence-corrected chi connectivity index (χ1v) is 9.25. The zero-order valence-corrected chi connectivity index (χ0v) is 16.5. The number of aliphatic imine (C=N–C) groups is 1. The Kier molecular flexibility index (Phi) is 7.30. The fourth-order valence-electron chi connectivity index (χ4n) is 2.41. The molecule has 0 unspecified atom stereocenters. The molecular formula is C18H24N6O2S. The van der Waals surface area contributed by atoms with Crippen LogP contribution in [-0.4, -0.2) is 48.3 Å². The van der Waals surface area contributed by atoms with Crippen molar-refractivity contribution in [1.29, 1.82) is 0 Å². The molecule has 9 heteroatoms. The minimum Gasteiger partial charge on any atom is -0.368 e. The normalized spacial score (nSPS) is 11.1. The van der Waals surface area contributed by atoms with Crippen molar-refractivity contribution >= 4 is 29.1 Å². The van der Waals surface area contributed by atoms with Crippen LogP contribution in [0.2, 0.25) is 0 Å². The number of hydrogen-bond acceptors (Lipinski definition) is 5. The standard InChI is InChI=1S/C18H24N6O2S/c1-12-23-15(11-27-12)10-24(3)18(20-2)22-8-13-4-6-14(7-5-13)17(26)21-9-16(19)25/h4-7,11H,8-10H2,1-3H3,(H2,19,25)(H,20,22)(H,21,26). The fraction of sp³-hybridized carbons (Fsp3) is 0.333. The molecule has 0 spiro atoms. The number of nitrogens with two attached hydrogens (primary N) is 1. The van der Waals surface area contributed by atoms with E-state index < -0.39 is 5.91 Å². The van der Waals surface area contributed by atoms with Gasteiger partial charge >= 0.3 is 0 Å². The maximum atomic E-state index is 11.9. The Morgan fingerprint density at radius 1 is 1.26 bits per heavy atom. The Labute approximate surface area is 162 Å². The number of hydrogen-bond donors (Lipinski definition) is 3. The number of nitrogens with zero attached hydrogens (tertiary/aromatic N) is 3. The van der Waals surface area contributed by atoms with Gasteiger partial charge in [0.05, 0.1) is 23.8 Å². The lowest BCUT2D eigenvalue weighted by Crippen LogP contribution is -2.38. The fourth-order valence-corrected chi connectivity index (χ4v) is 3.01. The van der Waals surface area contributed by atoms with E-state index >= 15 is 0 Å². The Bertz CT molecular complexity index is 816. The SMILES string of the molecule is CN=C(NCc1ccc(C(=O)NCC(N)=O)cc1)N(C)Cc1csc(C)n1. The number of aromatic nitrogens is 1. The number of rotatable bonds is 7. The van der Waals surface area contributed by atoms with E-state index in [0.717, 1.165) is 22.2 Å². The third-order valence-corrected chi connectivity index (χ3v) is 4.55. The van der Waals surface area contributed by atoms with Crippen LogP contribution in [-0.2, 0) is 17.9 Å². The molecule has 0 bridgehead atoms. The van der Waals surface area contributed by atoms with Crippen LogP contribution in [0.3, 0.4) is 0 Å². The van der Waals surface area contributed by atoms with Crippen molar-refractivity contribution in [3.63, 3.8) is 0 Å². The number of benzene rings is 1. The second-order valence-electron chi connectivity index (χ2n) is 5.96. The highest BCUT2D eigenvalue weighted by Gasteiger charge is 2.09. The minimum atomic E-state index is -0.576. The van der Waals surface area contributed by atoms with Crippen LogP contribution in [0.25, 0.3) is 0 Å². The van der Waals surface area contributed by atoms with Crippen LogP contribution in [0.15, 0.2) is 34.6 Å². The molecule has 1 aromatic carbocycles. The molecule has 2 aromatic rings. The van der Waals surface area contributed by atoms with E-state index in [1.54, 1.807) is 30.5 Å². The monoisotopic (exact) mass is 388 g/mol. The molecule has 144 valence electrons. The first kappa shape index (κ1) is 20.4. The largest absolute Gasteiger partial charge is 0.368 e. The smallest absolute Gasteiger partial charge is 0.251 e. The van der Waals surface area contributed by atoms with Gasteiger partial charge in [-0.2, -0.15) is 0 Å². The van der Waals surface area contributed by atoms with Gasteiger partial charge < -0.3 is 21.3 Å². The third-order valence-electron chi connectivity index (χ3n) is 3.73. The number of amides is 2. The van der Waals surface area contributed by atoms with Crippen molar-refractivity contribution in [2.24, 2.45) is 10.7 Å². The van der Waals surface area contributed by atoms with Crippen LogP contribution in [0.1, 0.15) is 26.6 Å². The first-order valence-electron chi connectivity index (χ1n) is 8.37. The van der Waals surface area contributed by atoms with Gasteiger partial charge in [0.2, 0.25) is 5.91 Å². The summed E-state index contributed by atoms with van der Waals surface area (Å²) in [4.78, 5) is 33.3. The van der Waals surface area contributed by atoms with Crippen LogP contribution in [0.5, 0.6) is 0 Å². The van der Waals surface area contributed by atoms with Crippen molar-refractivity contribution in [1.82, 2.24) is 20.5 Å². The number of nitrogens with one attached hydrogen (secondary N) is 2. The van der Waals surface area contributed by atoms with Crippen molar-refractivity contribution in [2.75, 3.05) is 20.6 Å². The first-order chi connectivity index (χ1) is 12.9.